The van der Waals surface area contributed by atoms with E-state index in [0.717, 1.165) is 0 Å². The number of nitrogens with two attached hydrogens (primary N) is 1. The number of likely N-dealkylation sites (N-methyl/N-ethyl adjacent to an activating group) is 1. The van der Waals surface area contributed by atoms with Gasteiger partial charge >= 0.3 is 0 Å². The largest absolute Gasteiger partial charge is 0.505 e. The van der Waals surface area contributed by atoms with Gasteiger partial charge in [0.1, 0.15) is 5.75 Å². The first-order valence-corrected chi connectivity index (χ1v) is 12.0. The molecule has 6 atom stereocenters. The van der Waals surface area contributed by atoms with Crippen LogP contribution in [0.3, 0.4) is 0 Å². The molecule has 1 aromatic rings. The maximum absolute atomic E-state index is 13.7. The molecule has 5 N–H and O–H groups in total. The molecule has 2 fully saturated rings. The average Bonchev–Trinajstić information content (AvgIpc) is 2.73. The van der Waals surface area contributed by atoms with Crippen molar-refractivity contribution >= 4 is 63.2 Å². The monoisotopic (exact) mass is 597 g/mol. The molecule has 12 heteroatoms. The molecule has 0 spiro atoms. The highest BCUT2D eigenvalue weighted by atomic mass is 127. The number of hydrogen-bond donors (Lipinski definition) is 4. The van der Waals surface area contributed by atoms with Gasteiger partial charge in [-0.15, -0.1) is 0 Å². The fourth-order valence-electron chi connectivity index (χ4n) is 5.91. The van der Waals surface area contributed by atoms with Crippen LogP contribution in [0.1, 0.15) is 29.3 Å². The Morgan fingerprint density at radius 3 is 2.37 bits per heavy atom. The second-order valence-electron chi connectivity index (χ2n) is 9.58. The minimum absolute atomic E-state index is 0.00639. The summed E-state index contributed by atoms with van der Waals surface area (Å²) in [5, 5.41) is 24.7. The van der Waals surface area contributed by atoms with E-state index in [4.69, 9.17) is 5.73 Å². The predicted octanol–water partition coefficient (Wildman–Crippen LogP) is -0.570. The summed E-state index contributed by atoms with van der Waals surface area (Å²) in [6.07, 6.45) is 0.145. The van der Waals surface area contributed by atoms with Gasteiger partial charge in [0.15, 0.2) is 34.7 Å². The Labute approximate surface area is 213 Å². The molecule has 0 aliphatic heterocycles. The maximum Gasteiger partial charge on any atom is 0.235 e. The zero-order chi connectivity index (χ0) is 26.1. The number of carbonyl (C=O) groups excluding carboxylic acids is 6. The molecule has 3 aliphatic rings. The van der Waals surface area contributed by atoms with Crippen LogP contribution in [0, 0.1) is 27.2 Å². The number of phenols is 1. The van der Waals surface area contributed by atoms with Gasteiger partial charge < -0.3 is 21.3 Å². The van der Waals surface area contributed by atoms with Crippen molar-refractivity contribution in [3.63, 3.8) is 0 Å². The molecule has 11 nitrogen and oxygen atoms in total. The van der Waals surface area contributed by atoms with Crippen LogP contribution in [0.25, 0.3) is 0 Å². The average molecular weight is 597 g/mol. The first kappa shape index (κ1) is 25.4. The Hall–Kier alpha value is -2.71. The highest BCUT2D eigenvalue weighted by molar-refractivity contribution is 14.1. The van der Waals surface area contributed by atoms with Crippen LogP contribution in [-0.2, 0) is 30.4 Å². The van der Waals surface area contributed by atoms with Crippen LogP contribution in [0.4, 0.5) is 5.69 Å². The minimum atomic E-state index is -2.77. The van der Waals surface area contributed by atoms with E-state index in [1.165, 1.54) is 32.0 Å². The number of fused-ring (bicyclic) bond motifs is 3. The van der Waals surface area contributed by atoms with Gasteiger partial charge in [0.05, 0.1) is 23.2 Å². The summed E-state index contributed by atoms with van der Waals surface area (Å²) in [4.78, 5) is 78.5. The number of Topliss-reactive ketones (excluding diaryl/α,β-unsaturated/α-hetero) is 4. The topological polar surface area (TPSA) is 184 Å². The third-order valence-electron chi connectivity index (χ3n) is 7.32. The van der Waals surface area contributed by atoms with Crippen molar-refractivity contribution in [3.8, 4) is 5.75 Å². The van der Waals surface area contributed by atoms with Crippen LogP contribution < -0.4 is 11.1 Å². The summed E-state index contributed by atoms with van der Waals surface area (Å²) >= 11 is 1.97. The highest BCUT2D eigenvalue weighted by Gasteiger charge is 2.69. The number of ketones is 4. The number of rotatable bonds is 3. The van der Waals surface area contributed by atoms with Gasteiger partial charge in [0, 0.05) is 16.4 Å². The summed E-state index contributed by atoms with van der Waals surface area (Å²) in [5.74, 6) is -11.6. The van der Waals surface area contributed by atoms with Crippen LogP contribution in [0.5, 0.6) is 5.75 Å². The fraction of sp³-hybridized carbons (Fsp3) is 0.478. The molecule has 0 radical (unpaired) electrons. The zero-order valence-corrected chi connectivity index (χ0v) is 21.3. The Morgan fingerprint density at radius 2 is 1.83 bits per heavy atom. The number of aliphatic hydroxyl groups is 1. The fourth-order valence-corrected chi connectivity index (χ4v) is 6.71. The Bertz CT molecular complexity index is 1230. The number of anilines is 1. The van der Waals surface area contributed by atoms with Gasteiger partial charge in [0.2, 0.25) is 11.8 Å². The van der Waals surface area contributed by atoms with Crippen molar-refractivity contribution in [3.05, 3.63) is 20.8 Å². The molecular formula is C23H24IN3O8. The van der Waals surface area contributed by atoms with Crippen LogP contribution in [0.2, 0.25) is 0 Å². The molecular weight excluding hydrogens is 573 g/mol. The van der Waals surface area contributed by atoms with E-state index in [-0.39, 0.29) is 24.1 Å². The standard InChI is InChI=1S/C23H24IN3O8/c1-7(28)26-12-6-11(24)9-4-8-5-10-16(27(2)3)19(31)15(22(25)34)21(33)23(10,35)20(32)13(8)18(30)14(9)17(12)29/h6,8,10,13,15-16,29,35H,4-5H2,1-3H3,(H2,25,34)(H,26,28)/t8?,10?,13?,15?,16-,23-/m0/s1. The van der Waals surface area contributed by atoms with Crippen LogP contribution in [-0.4, -0.2) is 75.8 Å². The summed E-state index contributed by atoms with van der Waals surface area (Å²) in [7, 11) is 3.05. The lowest BCUT2D eigenvalue weighted by Gasteiger charge is -2.52. The molecule has 0 heterocycles. The lowest BCUT2D eigenvalue weighted by molar-refractivity contribution is -0.181. The Balaban J connectivity index is 1.87. The van der Waals surface area contributed by atoms with Crippen molar-refractivity contribution in [2.45, 2.75) is 31.4 Å². The number of nitrogens with zero attached hydrogens (tertiary/aromatic N) is 1. The molecule has 3 aliphatic carbocycles. The van der Waals surface area contributed by atoms with Crippen molar-refractivity contribution in [2.75, 3.05) is 19.4 Å². The number of amides is 2. The summed E-state index contributed by atoms with van der Waals surface area (Å²) in [6, 6.07) is 0.365. The number of primary amides is 1. The summed E-state index contributed by atoms with van der Waals surface area (Å²) in [6.45, 7) is 1.23. The lowest BCUT2D eigenvalue weighted by Crippen LogP contribution is -2.74. The van der Waals surface area contributed by atoms with E-state index in [1.807, 2.05) is 22.6 Å². The molecule has 0 bridgehead atoms. The number of hydrogen-bond acceptors (Lipinski definition) is 9. The SMILES string of the molecule is CC(=O)Nc1cc(I)c2c(c1O)C(=O)C1C(=O)[C@]3(O)C(=O)C(C(N)=O)C(=O)[C@@H](N(C)C)C3CC1C2. The van der Waals surface area contributed by atoms with Gasteiger partial charge in [-0.3, -0.25) is 33.7 Å². The van der Waals surface area contributed by atoms with E-state index < -0.39 is 76.0 Å². The van der Waals surface area contributed by atoms with E-state index in [2.05, 4.69) is 5.32 Å². The molecule has 4 unspecified atom stereocenters. The number of carbonyl (C=O) groups is 6. The number of benzene rings is 1. The van der Waals surface area contributed by atoms with Crippen molar-refractivity contribution in [2.24, 2.45) is 29.4 Å². The third-order valence-corrected chi connectivity index (χ3v) is 8.28. The first-order chi connectivity index (χ1) is 16.2. The van der Waals surface area contributed by atoms with E-state index in [1.54, 1.807) is 0 Å². The highest BCUT2D eigenvalue weighted by Crippen LogP contribution is 2.51. The molecule has 186 valence electrons. The smallest absolute Gasteiger partial charge is 0.235 e. The summed E-state index contributed by atoms with van der Waals surface area (Å²) < 4.78 is 0.577. The van der Waals surface area contributed by atoms with Gasteiger partial charge in [-0.05, 0) is 67.1 Å². The maximum atomic E-state index is 13.7. The van der Waals surface area contributed by atoms with E-state index in [0.29, 0.717) is 9.13 Å². The molecule has 35 heavy (non-hydrogen) atoms. The number of aromatic hydroxyl groups is 1. The Morgan fingerprint density at radius 1 is 1.20 bits per heavy atom. The third kappa shape index (κ3) is 3.52. The molecule has 1 aromatic carbocycles. The van der Waals surface area contributed by atoms with E-state index in [9.17, 15) is 39.0 Å². The van der Waals surface area contributed by atoms with Gasteiger partial charge in [-0.25, -0.2) is 0 Å². The van der Waals surface area contributed by atoms with E-state index >= 15 is 0 Å². The van der Waals surface area contributed by atoms with Crippen molar-refractivity contribution < 1.29 is 39.0 Å². The normalized spacial score (nSPS) is 32.1. The van der Waals surface area contributed by atoms with Crippen molar-refractivity contribution in [1.82, 2.24) is 4.90 Å². The van der Waals surface area contributed by atoms with Crippen LogP contribution in [0.15, 0.2) is 6.07 Å². The predicted molar refractivity (Wildman–Crippen MR) is 128 cm³/mol. The number of halogens is 1. The second-order valence-corrected chi connectivity index (χ2v) is 10.7. The second kappa shape index (κ2) is 8.45. The molecule has 0 saturated heterocycles. The molecule has 2 amide bonds. The minimum Gasteiger partial charge on any atom is -0.505 e. The van der Waals surface area contributed by atoms with Crippen LogP contribution >= 0.6 is 22.6 Å². The quantitative estimate of drug-likeness (QED) is 0.201. The Kier molecular flexibility index (Phi) is 6.13. The number of phenolic OH excluding ortho intramolecular Hbond substituents is 1. The van der Waals surface area contributed by atoms with Gasteiger partial charge in [0.25, 0.3) is 0 Å². The summed E-state index contributed by atoms with van der Waals surface area (Å²) in [5.41, 5.74) is 2.84. The van der Waals surface area contributed by atoms with Gasteiger partial charge in [-0.1, -0.05) is 0 Å². The molecule has 2 saturated carbocycles. The molecule has 4 rings (SSSR count). The first-order valence-electron chi connectivity index (χ1n) is 10.9. The van der Waals surface area contributed by atoms with Gasteiger partial charge in [-0.2, -0.15) is 0 Å². The van der Waals surface area contributed by atoms with Crippen molar-refractivity contribution in [1.29, 1.82) is 0 Å². The molecule has 0 aromatic heterocycles. The number of nitrogens with one attached hydrogen (secondary N) is 1. The zero-order valence-electron chi connectivity index (χ0n) is 19.1. The lowest BCUT2D eigenvalue weighted by atomic mass is 9.52.